The molecule has 3 fully saturated rings. The maximum Gasteiger partial charge on any atom is 0.223 e. The fourth-order valence-electron chi connectivity index (χ4n) is 4.41. The lowest BCUT2D eigenvalue weighted by Crippen LogP contribution is -2.60. The van der Waals surface area contributed by atoms with Crippen LogP contribution in [0.3, 0.4) is 0 Å². The van der Waals surface area contributed by atoms with Gasteiger partial charge in [0, 0.05) is 31.6 Å². The third-order valence-corrected chi connectivity index (χ3v) is 5.42. The third-order valence-electron chi connectivity index (χ3n) is 5.42. The quantitative estimate of drug-likeness (QED) is 0.813. The maximum atomic E-state index is 12.5. The van der Waals surface area contributed by atoms with Crippen LogP contribution < -0.4 is 5.32 Å². The van der Waals surface area contributed by atoms with Gasteiger partial charge in [0.1, 0.15) is 0 Å². The summed E-state index contributed by atoms with van der Waals surface area (Å²) in [5.74, 6) is 2.91. The predicted molar refractivity (Wildman–Crippen MR) is 72.2 cm³/mol. The monoisotopic (exact) mass is 250 g/mol. The van der Waals surface area contributed by atoms with Crippen LogP contribution in [0.2, 0.25) is 0 Å². The minimum absolute atomic E-state index is 0.00699. The highest BCUT2D eigenvalue weighted by Crippen LogP contribution is 2.49. The number of hydrogen-bond donors (Lipinski definition) is 1. The first-order valence-corrected chi connectivity index (χ1v) is 7.57. The van der Waals surface area contributed by atoms with Crippen LogP contribution in [-0.2, 0) is 4.79 Å². The Balaban J connectivity index is 1.61. The second kappa shape index (κ2) is 4.52. The summed E-state index contributed by atoms with van der Waals surface area (Å²) >= 11 is 0. The van der Waals surface area contributed by atoms with E-state index in [0.717, 1.165) is 37.9 Å². The van der Waals surface area contributed by atoms with E-state index in [1.165, 1.54) is 25.7 Å². The zero-order chi connectivity index (χ0) is 12.8. The summed E-state index contributed by atoms with van der Waals surface area (Å²) in [5, 5.41) is 3.39. The van der Waals surface area contributed by atoms with E-state index in [0.29, 0.717) is 11.8 Å². The van der Waals surface area contributed by atoms with Gasteiger partial charge in [-0.15, -0.1) is 0 Å². The van der Waals surface area contributed by atoms with Crippen molar-refractivity contribution in [1.82, 2.24) is 10.2 Å². The van der Waals surface area contributed by atoms with E-state index >= 15 is 0 Å². The van der Waals surface area contributed by atoms with Crippen molar-refractivity contribution in [2.75, 3.05) is 19.6 Å². The number of rotatable bonds is 2. The smallest absolute Gasteiger partial charge is 0.223 e. The SMILES string of the molecule is CC1(C)CNCCN1C(=O)CC1CC2CCC1C2. The van der Waals surface area contributed by atoms with Crippen molar-refractivity contribution in [2.24, 2.45) is 17.8 Å². The van der Waals surface area contributed by atoms with E-state index in [4.69, 9.17) is 0 Å². The maximum absolute atomic E-state index is 12.5. The van der Waals surface area contributed by atoms with Gasteiger partial charge >= 0.3 is 0 Å². The molecule has 3 unspecified atom stereocenters. The number of piperazine rings is 1. The van der Waals surface area contributed by atoms with Gasteiger partial charge in [-0.1, -0.05) is 6.42 Å². The summed E-state index contributed by atoms with van der Waals surface area (Å²) in [7, 11) is 0. The number of nitrogens with one attached hydrogen (secondary N) is 1. The molecule has 2 aliphatic carbocycles. The Morgan fingerprint density at radius 1 is 1.33 bits per heavy atom. The largest absolute Gasteiger partial charge is 0.335 e. The lowest BCUT2D eigenvalue weighted by molar-refractivity contribution is -0.139. The van der Waals surface area contributed by atoms with Crippen molar-refractivity contribution in [3.05, 3.63) is 0 Å². The van der Waals surface area contributed by atoms with E-state index in [2.05, 4.69) is 24.1 Å². The minimum Gasteiger partial charge on any atom is -0.335 e. The van der Waals surface area contributed by atoms with Gasteiger partial charge in [0.15, 0.2) is 0 Å². The fraction of sp³-hybridized carbons (Fsp3) is 0.933. The number of carbonyl (C=O) groups is 1. The van der Waals surface area contributed by atoms with Gasteiger partial charge in [0.2, 0.25) is 5.91 Å². The average molecular weight is 250 g/mol. The number of amides is 1. The Morgan fingerprint density at radius 3 is 2.78 bits per heavy atom. The number of hydrogen-bond acceptors (Lipinski definition) is 2. The van der Waals surface area contributed by atoms with E-state index in [1.54, 1.807) is 0 Å². The van der Waals surface area contributed by atoms with E-state index in [-0.39, 0.29) is 5.54 Å². The van der Waals surface area contributed by atoms with E-state index in [1.807, 2.05) is 0 Å². The Hall–Kier alpha value is -0.570. The summed E-state index contributed by atoms with van der Waals surface area (Å²) in [4.78, 5) is 14.7. The molecule has 2 bridgehead atoms. The molecule has 18 heavy (non-hydrogen) atoms. The van der Waals surface area contributed by atoms with Gasteiger partial charge < -0.3 is 10.2 Å². The third kappa shape index (κ3) is 2.18. The normalized spacial score (nSPS) is 38.1. The van der Waals surface area contributed by atoms with E-state index in [9.17, 15) is 4.79 Å². The van der Waals surface area contributed by atoms with Gasteiger partial charge in [-0.2, -0.15) is 0 Å². The molecule has 3 atom stereocenters. The predicted octanol–water partition coefficient (Wildman–Crippen LogP) is 2.02. The van der Waals surface area contributed by atoms with Crippen molar-refractivity contribution in [1.29, 1.82) is 0 Å². The first-order valence-electron chi connectivity index (χ1n) is 7.57. The summed E-state index contributed by atoms with van der Waals surface area (Å²) in [5.41, 5.74) is -0.00699. The molecule has 3 heteroatoms. The molecule has 3 aliphatic rings. The molecule has 0 spiro atoms. The van der Waals surface area contributed by atoms with Gasteiger partial charge in [0.05, 0.1) is 0 Å². The molecule has 102 valence electrons. The molecule has 1 aliphatic heterocycles. The first-order chi connectivity index (χ1) is 8.56. The molecule has 3 nitrogen and oxygen atoms in total. The highest BCUT2D eigenvalue weighted by atomic mass is 16.2. The average Bonchev–Trinajstić information content (AvgIpc) is 2.90. The standard InChI is InChI=1S/C15H26N2O/c1-15(2)10-16-5-6-17(15)14(18)9-13-8-11-3-4-12(13)7-11/h11-13,16H,3-10H2,1-2H3. The Labute approximate surface area is 110 Å². The second-order valence-electron chi connectivity index (χ2n) is 7.17. The zero-order valence-corrected chi connectivity index (χ0v) is 11.7. The van der Waals surface area contributed by atoms with Gasteiger partial charge in [-0.3, -0.25) is 4.79 Å². The lowest BCUT2D eigenvalue weighted by atomic mass is 9.85. The summed E-state index contributed by atoms with van der Waals surface area (Å²) < 4.78 is 0. The lowest BCUT2D eigenvalue weighted by Gasteiger charge is -2.43. The fourth-order valence-corrected chi connectivity index (χ4v) is 4.41. The van der Waals surface area contributed by atoms with Crippen LogP contribution in [0.25, 0.3) is 0 Å². The molecule has 2 saturated carbocycles. The first kappa shape index (κ1) is 12.5. The number of carbonyl (C=O) groups excluding carboxylic acids is 1. The molecule has 0 aromatic heterocycles. The van der Waals surface area contributed by atoms with Crippen LogP contribution >= 0.6 is 0 Å². The van der Waals surface area contributed by atoms with Crippen LogP contribution in [-0.4, -0.2) is 36.0 Å². The zero-order valence-electron chi connectivity index (χ0n) is 11.7. The highest BCUT2D eigenvalue weighted by Gasteiger charge is 2.42. The van der Waals surface area contributed by atoms with Crippen molar-refractivity contribution in [3.63, 3.8) is 0 Å². The molecule has 1 N–H and O–H groups in total. The summed E-state index contributed by atoms with van der Waals surface area (Å²) in [6.45, 7) is 7.11. The van der Waals surface area contributed by atoms with Gasteiger partial charge in [0.25, 0.3) is 0 Å². The molecule has 0 radical (unpaired) electrons. The second-order valence-corrected chi connectivity index (χ2v) is 7.17. The Bertz CT molecular complexity index is 339. The van der Waals surface area contributed by atoms with Crippen molar-refractivity contribution >= 4 is 5.91 Å². The molecule has 3 rings (SSSR count). The Kier molecular flexibility index (Phi) is 3.13. The minimum atomic E-state index is -0.00699. The molecule has 1 amide bonds. The number of fused-ring (bicyclic) bond motifs is 2. The molecule has 0 aromatic carbocycles. The van der Waals surface area contributed by atoms with Crippen molar-refractivity contribution < 1.29 is 4.79 Å². The molecular weight excluding hydrogens is 224 g/mol. The van der Waals surface area contributed by atoms with Gasteiger partial charge in [-0.25, -0.2) is 0 Å². The molecular formula is C15H26N2O. The molecule has 0 aromatic rings. The van der Waals surface area contributed by atoms with E-state index < -0.39 is 0 Å². The van der Waals surface area contributed by atoms with Crippen molar-refractivity contribution in [2.45, 2.75) is 51.5 Å². The summed E-state index contributed by atoms with van der Waals surface area (Å²) in [6.07, 6.45) is 6.35. The van der Waals surface area contributed by atoms with Crippen LogP contribution in [0.4, 0.5) is 0 Å². The van der Waals surface area contributed by atoms with Crippen LogP contribution in [0, 0.1) is 17.8 Å². The number of nitrogens with zero attached hydrogens (tertiary/aromatic N) is 1. The van der Waals surface area contributed by atoms with Crippen LogP contribution in [0.15, 0.2) is 0 Å². The Morgan fingerprint density at radius 2 is 2.17 bits per heavy atom. The van der Waals surface area contributed by atoms with Crippen molar-refractivity contribution in [3.8, 4) is 0 Å². The highest BCUT2D eigenvalue weighted by molar-refractivity contribution is 5.77. The molecule has 1 heterocycles. The topological polar surface area (TPSA) is 32.3 Å². The van der Waals surface area contributed by atoms with Crippen LogP contribution in [0.5, 0.6) is 0 Å². The van der Waals surface area contributed by atoms with Crippen LogP contribution in [0.1, 0.15) is 46.0 Å². The molecule has 1 saturated heterocycles. The summed E-state index contributed by atoms with van der Waals surface area (Å²) in [6, 6.07) is 0. The van der Waals surface area contributed by atoms with Gasteiger partial charge in [-0.05, 0) is 50.9 Å².